The molecule has 162 valence electrons. The van der Waals surface area contributed by atoms with Crippen molar-refractivity contribution in [3.63, 3.8) is 0 Å². The fraction of sp³-hybridized carbons (Fsp3) is 0.250. The van der Waals surface area contributed by atoms with Crippen LogP contribution in [0.15, 0.2) is 70.3 Å². The number of nitrogens with zero attached hydrogens (tertiary/aromatic N) is 1. The van der Waals surface area contributed by atoms with Gasteiger partial charge in [0.15, 0.2) is 11.7 Å². The first-order valence-corrected chi connectivity index (χ1v) is 10.1. The minimum atomic E-state index is -0.272. The number of ether oxygens (including phenoxy) is 1. The van der Waals surface area contributed by atoms with E-state index in [1.807, 2.05) is 36.4 Å². The van der Waals surface area contributed by atoms with E-state index in [1.54, 1.807) is 26.3 Å². The fourth-order valence-corrected chi connectivity index (χ4v) is 3.13. The molecule has 0 spiro atoms. The first kappa shape index (κ1) is 22.0. The molecule has 0 saturated carbocycles. The molecule has 3 aromatic rings. The van der Waals surface area contributed by atoms with Gasteiger partial charge in [0.2, 0.25) is 0 Å². The van der Waals surface area contributed by atoms with E-state index in [9.17, 15) is 4.79 Å². The molecular weight excluding hydrogens is 392 g/mol. The number of methoxy groups -OCH3 is 1. The van der Waals surface area contributed by atoms with Crippen LogP contribution in [0.25, 0.3) is 0 Å². The Bertz CT molecular complexity index is 1010. The summed E-state index contributed by atoms with van der Waals surface area (Å²) in [5.74, 6) is 1.63. The molecule has 0 aliphatic heterocycles. The second kappa shape index (κ2) is 10.9. The van der Waals surface area contributed by atoms with Crippen molar-refractivity contribution in [1.82, 2.24) is 10.6 Å². The average Bonchev–Trinajstić information content (AvgIpc) is 3.32. The monoisotopic (exact) mass is 420 g/mol. The Balaban J connectivity index is 1.46. The molecule has 3 rings (SSSR count). The Kier molecular flexibility index (Phi) is 7.70. The van der Waals surface area contributed by atoms with Crippen LogP contribution in [0.5, 0.6) is 5.75 Å². The van der Waals surface area contributed by atoms with Crippen molar-refractivity contribution in [3.8, 4) is 5.75 Å². The first-order valence-electron chi connectivity index (χ1n) is 10.1. The zero-order valence-electron chi connectivity index (χ0n) is 18.1. The van der Waals surface area contributed by atoms with E-state index in [1.165, 1.54) is 11.8 Å². The number of benzene rings is 2. The zero-order chi connectivity index (χ0) is 22.1. The lowest BCUT2D eigenvalue weighted by atomic mass is 10.1. The number of carbonyl (C=O) groups excluding carboxylic acids is 1. The van der Waals surface area contributed by atoms with E-state index in [2.05, 4.69) is 33.9 Å². The van der Waals surface area contributed by atoms with E-state index in [0.717, 1.165) is 35.8 Å². The summed E-state index contributed by atoms with van der Waals surface area (Å²) in [6.07, 6.45) is 2.30. The number of anilines is 1. The molecule has 2 aromatic carbocycles. The molecule has 1 heterocycles. The van der Waals surface area contributed by atoms with Crippen LogP contribution in [0.3, 0.4) is 0 Å². The quantitative estimate of drug-likeness (QED) is 0.382. The summed E-state index contributed by atoms with van der Waals surface area (Å²) in [5, 5.41) is 9.43. The largest absolute Gasteiger partial charge is 0.496 e. The maximum absolute atomic E-state index is 12.0. The lowest BCUT2D eigenvalue weighted by molar-refractivity contribution is 0.0996. The van der Waals surface area contributed by atoms with Crippen LogP contribution in [-0.4, -0.2) is 32.6 Å². The summed E-state index contributed by atoms with van der Waals surface area (Å²) < 4.78 is 10.5. The molecule has 0 unspecified atom stereocenters. The summed E-state index contributed by atoms with van der Waals surface area (Å²) >= 11 is 0. The van der Waals surface area contributed by atoms with Crippen LogP contribution in [0.4, 0.5) is 5.69 Å². The first-order chi connectivity index (χ1) is 15.1. The van der Waals surface area contributed by atoms with Crippen LogP contribution in [0.2, 0.25) is 0 Å². The summed E-state index contributed by atoms with van der Waals surface area (Å²) in [7, 11) is 3.44. The summed E-state index contributed by atoms with van der Waals surface area (Å²) in [6.45, 7) is 3.42. The second-order valence-corrected chi connectivity index (χ2v) is 7.05. The molecule has 3 N–H and O–H groups in total. The van der Waals surface area contributed by atoms with Crippen LogP contribution >= 0.6 is 0 Å². The van der Waals surface area contributed by atoms with E-state index >= 15 is 0 Å². The summed E-state index contributed by atoms with van der Waals surface area (Å²) in [5.41, 5.74) is 4.15. The Hall–Kier alpha value is -3.74. The molecular formula is C24H28N4O3. The standard InChI is InChI=1S/C24H28N4O3/c1-17-6-11-21(30-3)19(15-17)12-13-26-24(25-2)27-16-18-7-9-20(10-8-18)28-23(29)22-5-4-14-31-22/h4-11,14-15H,12-13,16H2,1-3H3,(H,28,29)(H2,25,26,27). The Labute approximate surface area is 182 Å². The smallest absolute Gasteiger partial charge is 0.291 e. The van der Waals surface area contributed by atoms with Gasteiger partial charge in [-0.3, -0.25) is 9.79 Å². The third kappa shape index (κ3) is 6.37. The second-order valence-electron chi connectivity index (χ2n) is 7.05. The third-order valence-electron chi connectivity index (χ3n) is 4.76. The number of guanidine groups is 1. The van der Waals surface area contributed by atoms with Gasteiger partial charge in [-0.15, -0.1) is 0 Å². The van der Waals surface area contributed by atoms with E-state index in [4.69, 9.17) is 9.15 Å². The van der Waals surface area contributed by atoms with Gasteiger partial charge in [0, 0.05) is 25.8 Å². The van der Waals surface area contributed by atoms with E-state index < -0.39 is 0 Å². The van der Waals surface area contributed by atoms with Gasteiger partial charge in [-0.25, -0.2) is 0 Å². The molecule has 0 bridgehead atoms. The van der Waals surface area contributed by atoms with Gasteiger partial charge in [-0.1, -0.05) is 29.8 Å². The number of aliphatic imine (C=N–C) groups is 1. The highest BCUT2D eigenvalue weighted by Gasteiger charge is 2.08. The molecule has 1 aromatic heterocycles. The van der Waals surface area contributed by atoms with Crippen molar-refractivity contribution in [1.29, 1.82) is 0 Å². The third-order valence-corrected chi connectivity index (χ3v) is 4.76. The van der Waals surface area contributed by atoms with Gasteiger partial charge in [0.25, 0.3) is 5.91 Å². The Morgan fingerprint density at radius 2 is 1.90 bits per heavy atom. The minimum Gasteiger partial charge on any atom is -0.496 e. The van der Waals surface area contributed by atoms with Gasteiger partial charge in [-0.05, 0) is 54.8 Å². The Morgan fingerprint density at radius 1 is 1.10 bits per heavy atom. The van der Waals surface area contributed by atoms with Gasteiger partial charge in [0.1, 0.15) is 5.75 Å². The van der Waals surface area contributed by atoms with Crippen molar-refractivity contribution in [2.45, 2.75) is 19.9 Å². The van der Waals surface area contributed by atoms with E-state index in [-0.39, 0.29) is 11.7 Å². The van der Waals surface area contributed by atoms with Crippen molar-refractivity contribution in [3.05, 3.63) is 83.3 Å². The lowest BCUT2D eigenvalue weighted by Gasteiger charge is -2.14. The highest BCUT2D eigenvalue weighted by Crippen LogP contribution is 2.19. The average molecular weight is 421 g/mol. The summed E-state index contributed by atoms with van der Waals surface area (Å²) in [6, 6.07) is 17.1. The molecule has 7 heteroatoms. The Morgan fingerprint density at radius 3 is 2.58 bits per heavy atom. The molecule has 7 nitrogen and oxygen atoms in total. The van der Waals surface area contributed by atoms with Gasteiger partial charge < -0.3 is 25.1 Å². The van der Waals surface area contributed by atoms with Crippen molar-refractivity contribution >= 4 is 17.6 Å². The molecule has 0 aliphatic carbocycles. The van der Waals surface area contributed by atoms with E-state index in [0.29, 0.717) is 12.2 Å². The van der Waals surface area contributed by atoms with Crippen molar-refractivity contribution in [2.24, 2.45) is 4.99 Å². The minimum absolute atomic E-state index is 0.272. The number of hydrogen-bond donors (Lipinski definition) is 3. The molecule has 0 fully saturated rings. The number of nitrogens with one attached hydrogen (secondary N) is 3. The topological polar surface area (TPSA) is 87.9 Å². The number of amides is 1. The zero-order valence-corrected chi connectivity index (χ0v) is 18.1. The van der Waals surface area contributed by atoms with Crippen LogP contribution in [-0.2, 0) is 13.0 Å². The highest BCUT2D eigenvalue weighted by molar-refractivity contribution is 6.02. The number of rotatable bonds is 8. The van der Waals surface area contributed by atoms with Crippen LogP contribution < -0.4 is 20.7 Å². The molecule has 0 radical (unpaired) electrons. The molecule has 0 saturated heterocycles. The van der Waals surface area contributed by atoms with Crippen molar-refractivity contribution < 1.29 is 13.9 Å². The van der Waals surface area contributed by atoms with Gasteiger partial charge in [0.05, 0.1) is 13.4 Å². The maximum Gasteiger partial charge on any atom is 0.291 e. The molecule has 31 heavy (non-hydrogen) atoms. The van der Waals surface area contributed by atoms with Crippen LogP contribution in [0, 0.1) is 6.92 Å². The maximum atomic E-state index is 12.0. The number of aryl methyl sites for hydroxylation is 1. The van der Waals surface area contributed by atoms with Gasteiger partial charge >= 0.3 is 0 Å². The number of furan rings is 1. The van der Waals surface area contributed by atoms with Crippen molar-refractivity contribution in [2.75, 3.05) is 26.0 Å². The van der Waals surface area contributed by atoms with Crippen LogP contribution in [0.1, 0.15) is 27.2 Å². The fourth-order valence-electron chi connectivity index (χ4n) is 3.13. The SMILES string of the molecule is CN=C(NCCc1cc(C)ccc1OC)NCc1ccc(NC(=O)c2ccco2)cc1. The number of hydrogen-bond acceptors (Lipinski definition) is 4. The molecule has 0 aliphatic rings. The number of carbonyl (C=O) groups is 1. The highest BCUT2D eigenvalue weighted by atomic mass is 16.5. The predicted molar refractivity (Wildman–Crippen MR) is 123 cm³/mol. The lowest BCUT2D eigenvalue weighted by Crippen LogP contribution is -2.37. The van der Waals surface area contributed by atoms with Gasteiger partial charge in [-0.2, -0.15) is 0 Å². The predicted octanol–water partition coefficient (Wildman–Crippen LogP) is 3.76. The molecule has 0 atom stereocenters. The summed E-state index contributed by atoms with van der Waals surface area (Å²) in [4.78, 5) is 16.3. The normalized spacial score (nSPS) is 11.1. The molecule has 1 amide bonds.